The van der Waals surface area contributed by atoms with E-state index in [4.69, 9.17) is 0 Å². The third-order valence-corrected chi connectivity index (χ3v) is 4.32. The van der Waals surface area contributed by atoms with Crippen LogP contribution in [0.1, 0.15) is 30.7 Å². The van der Waals surface area contributed by atoms with Crippen molar-refractivity contribution in [2.24, 2.45) is 0 Å². The second-order valence-electron chi connectivity index (χ2n) is 5.99. The van der Waals surface area contributed by atoms with E-state index >= 15 is 0 Å². The lowest BCUT2D eigenvalue weighted by atomic mass is 10.1. The highest BCUT2D eigenvalue weighted by Gasteiger charge is 2.24. The number of aryl methyl sites for hydroxylation is 1. The maximum absolute atomic E-state index is 12.0. The molecule has 2 N–H and O–H groups in total. The number of amides is 1. The zero-order valence-corrected chi connectivity index (χ0v) is 13.2. The number of nitrogens with zero attached hydrogens (tertiary/aromatic N) is 3. The zero-order chi connectivity index (χ0) is 15.9. The van der Waals surface area contributed by atoms with Crippen molar-refractivity contribution < 1.29 is 4.79 Å². The molecule has 0 bridgehead atoms. The normalized spacial score (nSPS) is 18.2. The highest BCUT2D eigenvalue weighted by Crippen LogP contribution is 2.19. The first-order chi connectivity index (χ1) is 11.3. The molecule has 0 spiro atoms. The molecule has 1 amide bonds. The Hall–Kier alpha value is -2.21. The van der Waals surface area contributed by atoms with Crippen molar-refractivity contribution in [3.63, 3.8) is 0 Å². The molecular formula is C17H23N5O. The van der Waals surface area contributed by atoms with E-state index in [-0.39, 0.29) is 5.91 Å². The average molecular weight is 313 g/mol. The van der Waals surface area contributed by atoms with E-state index < -0.39 is 0 Å². The molecule has 1 fully saturated rings. The summed E-state index contributed by atoms with van der Waals surface area (Å²) in [6, 6.07) is 10.9. The van der Waals surface area contributed by atoms with Crippen LogP contribution in [0.3, 0.4) is 0 Å². The van der Waals surface area contributed by atoms with Crippen LogP contribution in [-0.2, 0) is 17.8 Å². The molecule has 0 saturated carbocycles. The standard InChI is InChI=1S/C17H23N5O/c23-17(9-8-16-19-13-20-21-16)18-11-15-7-4-10-22(15)12-14-5-2-1-3-6-14/h1-3,5-6,13,15H,4,7-12H2,(H,18,23)(H,19,20,21). The maximum atomic E-state index is 12.0. The quantitative estimate of drug-likeness (QED) is 0.813. The van der Waals surface area contributed by atoms with Gasteiger partial charge in [-0.2, -0.15) is 5.10 Å². The molecule has 6 heteroatoms. The van der Waals surface area contributed by atoms with Crippen LogP contribution in [-0.4, -0.2) is 45.1 Å². The van der Waals surface area contributed by atoms with E-state index in [0.29, 0.717) is 18.9 Å². The molecule has 0 radical (unpaired) electrons. The molecular weight excluding hydrogens is 290 g/mol. The second kappa shape index (κ2) is 7.87. The Balaban J connectivity index is 1.42. The summed E-state index contributed by atoms with van der Waals surface area (Å²) in [5, 5.41) is 9.62. The number of benzene rings is 1. The summed E-state index contributed by atoms with van der Waals surface area (Å²) in [4.78, 5) is 18.5. The molecule has 1 aromatic carbocycles. The van der Waals surface area contributed by atoms with Crippen LogP contribution in [0.5, 0.6) is 0 Å². The van der Waals surface area contributed by atoms with Crippen molar-refractivity contribution in [1.82, 2.24) is 25.4 Å². The minimum atomic E-state index is 0.0768. The highest BCUT2D eigenvalue weighted by molar-refractivity contribution is 5.76. The molecule has 1 unspecified atom stereocenters. The molecule has 1 aromatic heterocycles. The number of hydrogen-bond acceptors (Lipinski definition) is 4. The molecule has 1 atom stereocenters. The van der Waals surface area contributed by atoms with Crippen molar-refractivity contribution in [3.8, 4) is 0 Å². The first-order valence-corrected chi connectivity index (χ1v) is 8.20. The van der Waals surface area contributed by atoms with E-state index in [9.17, 15) is 4.79 Å². The Morgan fingerprint density at radius 3 is 3.00 bits per heavy atom. The number of carbonyl (C=O) groups is 1. The smallest absolute Gasteiger partial charge is 0.220 e. The molecule has 23 heavy (non-hydrogen) atoms. The van der Waals surface area contributed by atoms with Gasteiger partial charge in [-0.3, -0.25) is 14.8 Å². The number of aromatic amines is 1. The van der Waals surface area contributed by atoms with Gasteiger partial charge in [0.05, 0.1) is 0 Å². The maximum Gasteiger partial charge on any atom is 0.220 e. The minimum absolute atomic E-state index is 0.0768. The fraction of sp³-hybridized carbons (Fsp3) is 0.471. The van der Waals surface area contributed by atoms with Crippen molar-refractivity contribution >= 4 is 5.91 Å². The van der Waals surface area contributed by atoms with Gasteiger partial charge in [0.2, 0.25) is 5.91 Å². The number of H-pyrrole nitrogens is 1. The predicted octanol–water partition coefficient (Wildman–Crippen LogP) is 1.52. The van der Waals surface area contributed by atoms with E-state index in [0.717, 1.165) is 31.9 Å². The summed E-state index contributed by atoms with van der Waals surface area (Å²) >= 11 is 0. The van der Waals surface area contributed by atoms with E-state index in [1.165, 1.54) is 18.3 Å². The van der Waals surface area contributed by atoms with Gasteiger partial charge >= 0.3 is 0 Å². The number of carbonyl (C=O) groups excluding carboxylic acids is 1. The first-order valence-electron chi connectivity index (χ1n) is 8.20. The Bertz CT molecular complexity index is 599. The largest absolute Gasteiger partial charge is 0.355 e. The summed E-state index contributed by atoms with van der Waals surface area (Å²) in [6.07, 6.45) is 4.86. The van der Waals surface area contributed by atoms with Gasteiger partial charge in [0.25, 0.3) is 0 Å². The van der Waals surface area contributed by atoms with Gasteiger partial charge in [0.1, 0.15) is 12.2 Å². The van der Waals surface area contributed by atoms with Gasteiger partial charge in [-0.1, -0.05) is 30.3 Å². The lowest BCUT2D eigenvalue weighted by Gasteiger charge is -2.24. The molecule has 1 aliphatic heterocycles. The lowest BCUT2D eigenvalue weighted by Crippen LogP contribution is -2.39. The minimum Gasteiger partial charge on any atom is -0.355 e. The molecule has 3 rings (SSSR count). The van der Waals surface area contributed by atoms with E-state index in [1.54, 1.807) is 0 Å². The molecule has 1 aliphatic rings. The van der Waals surface area contributed by atoms with Gasteiger partial charge in [-0.25, -0.2) is 4.98 Å². The van der Waals surface area contributed by atoms with Gasteiger partial charge in [0.15, 0.2) is 0 Å². The molecule has 122 valence electrons. The molecule has 0 aliphatic carbocycles. The van der Waals surface area contributed by atoms with Gasteiger partial charge in [-0.05, 0) is 24.9 Å². The number of likely N-dealkylation sites (tertiary alicyclic amines) is 1. The summed E-state index contributed by atoms with van der Waals surface area (Å²) < 4.78 is 0. The summed E-state index contributed by atoms with van der Waals surface area (Å²) in [5.74, 6) is 0.833. The van der Waals surface area contributed by atoms with Crippen molar-refractivity contribution in [2.45, 2.75) is 38.3 Å². The Labute approximate surface area is 136 Å². The Kier molecular flexibility index (Phi) is 5.37. The van der Waals surface area contributed by atoms with Crippen LogP contribution in [0, 0.1) is 0 Å². The average Bonchev–Trinajstić information content (AvgIpc) is 3.24. The van der Waals surface area contributed by atoms with Crippen LogP contribution < -0.4 is 5.32 Å². The number of hydrogen-bond donors (Lipinski definition) is 2. The number of nitrogens with one attached hydrogen (secondary N) is 2. The Morgan fingerprint density at radius 1 is 1.35 bits per heavy atom. The van der Waals surface area contributed by atoms with Gasteiger partial charge in [0, 0.05) is 32.0 Å². The lowest BCUT2D eigenvalue weighted by molar-refractivity contribution is -0.121. The summed E-state index contributed by atoms with van der Waals surface area (Å²) in [5.41, 5.74) is 1.33. The van der Waals surface area contributed by atoms with Gasteiger partial charge in [-0.15, -0.1) is 0 Å². The van der Waals surface area contributed by atoms with Crippen LogP contribution >= 0.6 is 0 Å². The van der Waals surface area contributed by atoms with Crippen LogP contribution in [0.2, 0.25) is 0 Å². The van der Waals surface area contributed by atoms with Crippen LogP contribution in [0.25, 0.3) is 0 Å². The summed E-state index contributed by atoms with van der Waals surface area (Å²) in [6.45, 7) is 2.79. The predicted molar refractivity (Wildman–Crippen MR) is 87.6 cm³/mol. The molecule has 2 heterocycles. The first kappa shape index (κ1) is 15.7. The van der Waals surface area contributed by atoms with Crippen molar-refractivity contribution in [3.05, 3.63) is 48.0 Å². The monoisotopic (exact) mass is 313 g/mol. The highest BCUT2D eigenvalue weighted by atomic mass is 16.1. The SMILES string of the molecule is O=C(CCc1ncn[nH]1)NCC1CCCN1Cc1ccccc1. The summed E-state index contributed by atoms with van der Waals surface area (Å²) in [7, 11) is 0. The van der Waals surface area contributed by atoms with E-state index in [2.05, 4.69) is 49.7 Å². The van der Waals surface area contributed by atoms with E-state index in [1.807, 2.05) is 6.07 Å². The van der Waals surface area contributed by atoms with Crippen LogP contribution in [0.15, 0.2) is 36.7 Å². The van der Waals surface area contributed by atoms with Crippen molar-refractivity contribution in [2.75, 3.05) is 13.1 Å². The topological polar surface area (TPSA) is 73.9 Å². The third-order valence-electron chi connectivity index (χ3n) is 4.32. The van der Waals surface area contributed by atoms with Crippen molar-refractivity contribution in [1.29, 1.82) is 0 Å². The second-order valence-corrected chi connectivity index (χ2v) is 5.99. The number of rotatable bonds is 7. The molecule has 6 nitrogen and oxygen atoms in total. The third kappa shape index (κ3) is 4.63. The fourth-order valence-corrected chi connectivity index (χ4v) is 3.06. The number of aromatic nitrogens is 3. The molecule has 2 aromatic rings. The Morgan fingerprint density at radius 2 is 2.22 bits per heavy atom. The fourth-order valence-electron chi connectivity index (χ4n) is 3.06. The molecule has 1 saturated heterocycles. The van der Waals surface area contributed by atoms with Crippen LogP contribution in [0.4, 0.5) is 0 Å². The van der Waals surface area contributed by atoms with Gasteiger partial charge < -0.3 is 5.32 Å². The zero-order valence-electron chi connectivity index (χ0n) is 13.2.